The molecule has 0 aliphatic carbocycles. The number of hydrazine groups is 1. The summed E-state index contributed by atoms with van der Waals surface area (Å²) in [6.45, 7) is 7.31. The minimum absolute atomic E-state index is 0.159. The summed E-state index contributed by atoms with van der Waals surface area (Å²) < 4.78 is 1.96. The summed E-state index contributed by atoms with van der Waals surface area (Å²) >= 11 is 0. The van der Waals surface area contributed by atoms with E-state index in [1.54, 1.807) is 6.33 Å². The molecular weight excluding hydrogens is 262 g/mol. The smallest absolute Gasteiger partial charge is 0.138 e. The van der Waals surface area contributed by atoms with Crippen LogP contribution < -0.4 is 11.3 Å². The summed E-state index contributed by atoms with van der Waals surface area (Å²) in [6, 6.07) is 6.73. The Morgan fingerprint density at radius 1 is 1.24 bits per heavy atom. The van der Waals surface area contributed by atoms with Gasteiger partial charge in [-0.25, -0.2) is 4.98 Å². The van der Waals surface area contributed by atoms with Crippen LogP contribution in [0.5, 0.6) is 0 Å². The highest BCUT2D eigenvalue weighted by Crippen LogP contribution is 2.13. The van der Waals surface area contributed by atoms with Gasteiger partial charge in [0.15, 0.2) is 0 Å². The number of nitrogens with one attached hydrogen (secondary N) is 1. The van der Waals surface area contributed by atoms with Crippen LogP contribution in [-0.2, 0) is 19.4 Å². The highest BCUT2D eigenvalue weighted by molar-refractivity contribution is 5.30. The van der Waals surface area contributed by atoms with E-state index < -0.39 is 0 Å². The van der Waals surface area contributed by atoms with Gasteiger partial charge in [-0.05, 0) is 43.4 Å². The van der Waals surface area contributed by atoms with E-state index in [-0.39, 0.29) is 6.04 Å². The zero-order valence-corrected chi connectivity index (χ0v) is 13.1. The monoisotopic (exact) mass is 287 g/mol. The number of nitrogens with two attached hydrogens (primary N) is 1. The quantitative estimate of drug-likeness (QED) is 0.603. The van der Waals surface area contributed by atoms with E-state index in [4.69, 9.17) is 5.84 Å². The largest absolute Gasteiger partial charge is 0.271 e. The molecule has 2 rings (SSSR count). The molecule has 5 nitrogen and oxygen atoms in total. The molecule has 2 aromatic rings. The van der Waals surface area contributed by atoms with Gasteiger partial charge in [-0.2, -0.15) is 5.10 Å². The number of aryl methyl sites for hydroxylation is 3. The minimum Gasteiger partial charge on any atom is -0.271 e. The van der Waals surface area contributed by atoms with E-state index in [1.165, 1.54) is 16.7 Å². The van der Waals surface area contributed by atoms with Crippen molar-refractivity contribution >= 4 is 0 Å². The maximum Gasteiger partial charge on any atom is 0.138 e. The van der Waals surface area contributed by atoms with Crippen molar-refractivity contribution in [2.45, 2.75) is 52.6 Å². The average Bonchev–Trinajstić information content (AvgIpc) is 2.90. The fraction of sp³-hybridized carbons (Fsp3) is 0.500. The minimum atomic E-state index is 0.159. The Bertz CT molecular complexity index is 576. The van der Waals surface area contributed by atoms with E-state index in [0.29, 0.717) is 0 Å². The van der Waals surface area contributed by atoms with Crippen molar-refractivity contribution in [3.05, 3.63) is 47.0 Å². The molecule has 1 unspecified atom stereocenters. The predicted molar refractivity (Wildman–Crippen MR) is 84.7 cm³/mol. The van der Waals surface area contributed by atoms with Crippen LogP contribution in [0.4, 0.5) is 0 Å². The van der Waals surface area contributed by atoms with Gasteiger partial charge < -0.3 is 0 Å². The van der Waals surface area contributed by atoms with Crippen LogP contribution in [0.1, 0.15) is 35.9 Å². The molecule has 0 aliphatic heterocycles. The lowest BCUT2D eigenvalue weighted by molar-refractivity contribution is 0.482. The lowest BCUT2D eigenvalue weighted by Gasteiger charge is -2.16. The molecule has 1 aromatic carbocycles. The maximum absolute atomic E-state index is 5.72. The number of benzene rings is 1. The Balaban J connectivity index is 2.05. The van der Waals surface area contributed by atoms with Crippen molar-refractivity contribution in [1.82, 2.24) is 20.2 Å². The van der Waals surface area contributed by atoms with Crippen molar-refractivity contribution in [2.75, 3.05) is 0 Å². The molecule has 5 heteroatoms. The van der Waals surface area contributed by atoms with Gasteiger partial charge in [0.05, 0.1) is 0 Å². The number of rotatable bonds is 7. The van der Waals surface area contributed by atoms with E-state index >= 15 is 0 Å². The molecule has 1 aromatic heterocycles. The van der Waals surface area contributed by atoms with Crippen LogP contribution in [0.2, 0.25) is 0 Å². The number of nitrogens with zero attached hydrogens (tertiary/aromatic N) is 3. The fourth-order valence-electron chi connectivity index (χ4n) is 2.47. The highest BCUT2D eigenvalue weighted by atomic mass is 15.3. The second-order valence-corrected chi connectivity index (χ2v) is 5.59. The molecular formula is C16H25N5. The zero-order valence-electron chi connectivity index (χ0n) is 13.1. The number of hydrogen-bond donors (Lipinski definition) is 2. The van der Waals surface area contributed by atoms with Gasteiger partial charge in [0.1, 0.15) is 12.2 Å². The highest BCUT2D eigenvalue weighted by Gasteiger charge is 2.13. The lowest BCUT2D eigenvalue weighted by Crippen LogP contribution is -2.39. The van der Waals surface area contributed by atoms with Gasteiger partial charge in [0.25, 0.3) is 0 Å². The first-order chi connectivity index (χ1) is 10.1. The third kappa shape index (κ3) is 4.12. The van der Waals surface area contributed by atoms with E-state index in [9.17, 15) is 0 Å². The summed E-state index contributed by atoms with van der Waals surface area (Å²) in [4.78, 5) is 4.35. The van der Waals surface area contributed by atoms with Crippen LogP contribution in [-0.4, -0.2) is 20.8 Å². The van der Waals surface area contributed by atoms with E-state index in [0.717, 1.165) is 31.6 Å². The van der Waals surface area contributed by atoms with Crippen LogP contribution in [0.25, 0.3) is 0 Å². The van der Waals surface area contributed by atoms with Gasteiger partial charge in [0.2, 0.25) is 0 Å². The Morgan fingerprint density at radius 2 is 2.05 bits per heavy atom. The zero-order chi connectivity index (χ0) is 15.2. The second-order valence-electron chi connectivity index (χ2n) is 5.59. The molecule has 0 bridgehead atoms. The Kier molecular flexibility index (Phi) is 5.47. The first kappa shape index (κ1) is 15.7. The lowest BCUT2D eigenvalue weighted by atomic mass is 9.99. The molecule has 1 heterocycles. The molecule has 0 radical (unpaired) electrons. The molecule has 0 saturated carbocycles. The molecule has 114 valence electrons. The Hall–Kier alpha value is -1.72. The van der Waals surface area contributed by atoms with Crippen molar-refractivity contribution in [3.63, 3.8) is 0 Å². The molecule has 1 atom stereocenters. The van der Waals surface area contributed by atoms with Crippen molar-refractivity contribution < 1.29 is 0 Å². The Labute approximate surface area is 126 Å². The Morgan fingerprint density at radius 3 is 2.71 bits per heavy atom. The summed E-state index contributed by atoms with van der Waals surface area (Å²) in [7, 11) is 0. The van der Waals surface area contributed by atoms with Crippen LogP contribution in [0.15, 0.2) is 24.5 Å². The first-order valence-electron chi connectivity index (χ1n) is 7.53. The van der Waals surface area contributed by atoms with Gasteiger partial charge in [-0.3, -0.25) is 16.0 Å². The summed E-state index contributed by atoms with van der Waals surface area (Å²) in [5.41, 5.74) is 6.84. The third-order valence-corrected chi connectivity index (χ3v) is 3.85. The van der Waals surface area contributed by atoms with Gasteiger partial charge >= 0.3 is 0 Å². The van der Waals surface area contributed by atoms with Crippen LogP contribution >= 0.6 is 0 Å². The summed E-state index contributed by atoms with van der Waals surface area (Å²) in [6.07, 6.45) is 4.34. The number of hydrogen-bond acceptors (Lipinski definition) is 4. The predicted octanol–water partition coefficient (Wildman–Crippen LogP) is 1.92. The van der Waals surface area contributed by atoms with Gasteiger partial charge in [-0.1, -0.05) is 25.1 Å². The van der Waals surface area contributed by atoms with E-state index in [2.05, 4.69) is 54.5 Å². The van der Waals surface area contributed by atoms with Crippen molar-refractivity contribution in [1.29, 1.82) is 0 Å². The first-order valence-corrected chi connectivity index (χ1v) is 7.53. The van der Waals surface area contributed by atoms with Crippen molar-refractivity contribution in [2.24, 2.45) is 5.84 Å². The normalized spacial score (nSPS) is 12.6. The molecule has 3 N–H and O–H groups in total. The summed E-state index contributed by atoms with van der Waals surface area (Å²) in [5, 5.41) is 4.26. The summed E-state index contributed by atoms with van der Waals surface area (Å²) in [5.74, 6) is 6.71. The van der Waals surface area contributed by atoms with Gasteiger partial charge in [-0.15, -0.1) is 0 Å². The number of aromatic nitrogens is 3. The van der Waals surface area contributed by atoms with Crippen LogP contribution in [0, 0.1) is 13.8 Å². The molecule has 0 saturated heterocycles. The standard InChI is InChI=1S/C16H25N5/c1-4-7-21-16(18-11-19-21)10-15(20-17)9-14-6-5-12(2)13(3)8-14/h5-6,8,11,15,20H,4,7,9-10,17H2,1-3H3. The molecule has 0 amide bonds. The SMILES string of the molecule is CCCn1ncnc1CC(Cc1ccc(C)c(C)c1)NN. The fourth-order valence-corrected chi connectivity index (χ4v) is 2.47. The van der Waals surface area contributed by atoms with Crippen molar-refractivity contribution in [3.8, 4) is 0 Å². The topological polar surface area (TPSA) is 68.8 Å². The third-order valence-electron chi connectivity index (χ3n) is 3.85. The van der Waals surface area contributed by atoms with Crippen LogP contribution in [0.3, 0.4) is 0 Å². The molecule has 0 aliphatic rings. The van der Waals surface area contributed by atoms with Gasteiger partial charge in [0, 0.05) is 19.0 Å². The second kappa shape index (κ2) is 7.33. The molecule has 0 fully saturated rings. The maximum atomic E-state index is 5.72. The average molecular weight is 287 g/mol. The van der Waals surface area contributed by atoms with E-state index in [1.807, 2.05) is 4.68 Å². The molecule has 0 spiro atoms. The molecule has 21 heavy (non-hydrogen) atoms.